The van der Waals surface area contributed by atoms with E-state index in [4.69, 9.17) is 0 Å². The van der Waals surface area contributed by atoms with Crippen molar-refractivity contribution in [3.63, 3.8) is 0 Å². The maximum atomic E-state index is 12.4. The Balaban J connectivity index is 2.03. The molecule has 0 aliphatic carbocycles. The lowest BCUT2D eigenvalue weighted by Gasteiger charge is -2.23. The van der Waals surface area contributed by atoms with Gasteiger partial charge in [-0.15, -0.1) is 0 Å². The van der Waals surface area contributed by atoms with Gasteiger partial charge in [-0.05, 0) is 44.9 Å². The maximum absolute atomic E-state index is 12.4. The first-order chi connectivity index (χ1) is 10.0. The summed E-state index contributed by atoms with van der Waals surface area (Å²) < 4.78 is 0.185. The van der Waals surface area contributed by atoms with Gasteiger partial charge in [-0.1, -0.05) is 6.92 Å². The molecule has 1 aliphatic heterocycles. The van der Waals surface area contributed by atoms with Crippen molar-refractivity contribution in [3.8, 4) is 0 Å². The highest BCUT2D eigenvalue weighted by Gasteiger charge is 2.30. The molecule has 116 valence electrons. The standard InChI is InChI=1S/C16H25N3OS/c1-4-7-17-14-9-12(2)18-10-13(14)15(20)19-11-16(3)6-5-8-21-16/h9-10H,4-8,11H2,1-3H3,(H,17,18)(H,19,20). The Morgan fingerprint density at radius 1 is 1.52 bits per heavy atom. The van der Waals surface area contributed by atoms with Crippen LogP contribution in [0.25, 0.3) is 0 Å². The molecule has 0 spiro atoms. The molecule has 21 heavy (non-hydrogen) atoms. The second-order valence-electron chi connectivity index (χ2n) is 5.88. The van der Waals surface area contributed by atoms with Crippen molar-refractivity contribution in [2.45, 2.75) is 44.8 Å². The molecule has 0 radical (unpaired) electrons. The first-order valence-electron chi connectivity index (χ1n) is 7.67. The summed E-state index contributed by atoms with van der Waals surface area (Å²) >= 11 is 1.96. The predicted molar refractivity (Wildman–Crippen MR) is 90.2 cm³/mol. The van der Waals surface area contributed by atoms with Crippen LogP contribution in [0.15, 0.2) is 12.3 Å². The van der Waals surface area contributed by atoms with E-state index in [0.717, 1.165) is 30.9 Å². The fourth-order valence-electron chi connectivity index (χ4n) is 2.49. The summed E-state index contributed by atoms with van der Waals surface area (Å²) in [4.78, 5) is 16.7. The number of nitrogens with one attached hydrogen (secondary N) is 2. The number of hydrogen-bond acceptors (Lipinski definition) is 4. The summed E-state index contributed by atoms with van der Waals surface area (Å²) in [6.45, 7) is 7.86. The SMILES string of the molecule is CCCNc1cc(C)ncc1C(=O)NCC1(C)CCCS1. The Morgan fingerprint density at radius 3 is 3.00 bits per heavy atom. The van der Waals surface area contributed by atoms with Crippen LogP contribution in [-0.2, 0) is 0 Å². The Labute approximate surface area is 131 Å². The first kappa shape index (κ1) is 16.1. The zero-order chi connectivity index (χ0) is 15.3. The van der Waals surface area contributed by atoms with Crippen LogP contribution in [0.2, 0.25) is 0 Å². The number of aromatic nitrogens is 1. The quantitative estimate of drug-likeness (QED) is 0.847. The minimum Gasteiger partial charge on any atom is -0.384 e. The lowest BCUT2D eigenvalue weighted by atomic mass is 10.1. The fourth-order valence-corrected chi connectivity index (χ4v) is 3.73. The summed E-state index contributed by atoms with van der Waals surface area (Å²) in [5.41, 5.74) is 2.44. The van der Waals surface area contributed by atoms with Crippen molar-refractivity contribution in [3.05, 3.63) is 23.5 Å². The monoisotopic (exact) mass is 307 g/mol. The second-order valence-corrected chi connectivity index (χ2v) is 7.57. The molecule has 0 saturated carbocycles. The molecule has 4 nitrogen and oxygen atoms in total. The van der Waals surface area contributed by atoms with Gasteiger partial charge in [0.05, 0.1) is 11.3 Å². The molecule has 2 rings (SSSR count). The predicted octanol–water partition coefficient (Wildman–Crippen LogP) is 3.23. The van der Waals surface area contributed by atoms with Crippen LogP contribution in [0, 0.1) is 6.92 Å². The van der Waals surface area contributed by atoms with Gasteiger partial charge in [-0.3, -0.25) is 9.78 Å². The Bertz CT molecular complexity index is 498. The molecule has 1 aromatic rings. The molecule has 2 heterocycles. The van der Waals surface area contributed by atoms with Crippen LogP contribution < -0.4 is 10.6 Å². The molecular weight excluding hydrogens is 282 g/mol. The van der Waals surface area contributed by atoms with Crippen LogP contribution in [-0.4, -0.2) is 34.5 Å². The molecule has 5 heteroatoms. The summed E-state index contributed by atoms with van der Waals surface area (Å²) in [6.07, 6.45) is 5.11. The number of carbonyl (C=O) groups excluding carboxylic acids is 1. The van der Waals surface area contributed by atoms with Crippen LogP contribution in [0.4, 0.5) is 5.69 Å². The van der Waals surface area contributed by atoms with Gasteiger partial charge in [0.1, 0.15) is 0 Å². The number of amides is 1. The summed E-state index contributed by atoms with van der Waals surface area (Å²) in [7, 11) is 0. The van der Waals surface area contributed by atoms with Crippen LogP contribution in [0.3, 0.4) is 0 Å². The van der Waals surface area contributed by atoms with E-state index in [2.05, 4.69) is 29.5 Å². The van der Waals surface area contributed by atoms with E-state index >= 15 is 0 Å². The third-order valence-corrected chi connectivity index (χ3v) is 5.31. The average Bonchev–Trinajstić information content (AvgIpc) is 2.90. The number of rotatable bonds is 6. The van der Waals surface area contributed by atoms with Gasteiger partial charge in [0.15, 0.2) is 0 Å². The lowest BCUT2D eigenvalue weighted by molar-refractivity contribution is 0.0950. The molecule has 1 amide bonds. The van der Waals surface area contributed by atoms with Crippen molar-refractivity contribution >= 4 is 23.4 Å². The van der Waals surface area contributed by atoms with Gasteiger partial charge in [-0.2, -0.15) is 11.8 Å². The van der Waals surface area contributed by atoms with Crippen LogP contribution >= 0.6 is 11.8 Å². The maximum Gasteiger partial charge on any atom is 0.255 e. The Morgan fingerprint density at radius 2 is 2.33 bits per heavy atom. The number of pyridine rings is 1. The molecule has 2 N–H and O–H groups in total. The topological polar surface area (TPSA) is 54.0 Å². The van der Waals surface area contributed by atoms with E-state index in [1.165, 1.54) is 18.6 Å². The zero-order valence-electron chi connectivity index (χ0n) is 13.2. The van der Waals surface area contributed by atoms with Crippen molar-refractivity contribution in [1.29, 1.82) is 0 Å². The number of carbonyl (C=O) groups is 1. The van der Waals surface area contributed by atoms with Crippen LogP contribution in [0.1, 0.15) is 49.2 Å². The lowest BCUT2D eigenvalue weighted by Crippen LogP contribution is -2.37. The zero-order valence-corrected chi connectivity index (χ0v) is 14.0. The van der Waals surface area contributed by atoms with Crippen molar-refractivity contribution in [2.24, 2.45) is 0 Å². The van der Waals surface area contributed by atoms with Gasteiger partial charge in [0, 0.05) is 29.7 Å². The van der Waals surface area contributed by atoms with E-state index in [1.54, 1.807) is 6.20 Å². The normalized spacial score (nSPS) is 21.3. The molecule has 1 saturated heterocycles. The van der Waals surface area contributed by atoms with Crippen LogP contribution in [0.5, 0.6) is 0 Å². The molecule has 0 aromatic carbocycles. The number of thioether (sulfide) groups is 1. The molecule has 1 atom stereocenters. The van der Waals surface area contributed by atoms with Gasteiger partial charge in [0.25, 0.3) is 5.91 Å². The summed E-state index contributed by atoms with van der Waals surface area (Å²) in [5.74, 6) is 1.16. The highest BCUT2D eigenvalue weighted by molar-refractivity contribution is 8.00. The largest absolute Gasteiger partial charge is 0.384 e. The van der Waals surface area contributed by atoms with E-state index in [-0.39, 0.29) is 10.7 Å². The minimum atomic E-state index is -0.0326. The number of hydrogen-bond donors (Lipinski definition) is 2. The molecule has 1 fully saturated rings. The average molecular weight is 307 g/mol. The van der Waals surface area contributed by atoms with Gasteiger partial charge >= 0.3 is 0 Å². The molecule has 1 unspecified atom stereocenters. The highest BCUT2D eigenvalue weighted by atomic mass is 32.2. The summed E-state index contributed by atoms with van der Waals surface area (Å²) in [6, 6.07) is 1.94. The van der Waals surface area contributed by atoms with Gasteiger partial charge in [-0.25, -0.2) is 0 Å². The third kappa shape index (κ3) is 4.37. The first-order valence-corrected chi connectivity index (χ1v) is 8.65. The molecule has 1 aliphatic rings. The molecule has 1 aromatic heterocycles. The fraction of sp³-hybridized carbons (Fsp3) is 0.625. The highest BCUT2D eigenvalue weighted by Crippen LogP contribution is 2.37. The molecular formula is C16H25N3OS. The van der Waals surface area contributed by atoms with Gasteiger partial charge < -0.3 is 10.6 Å². The number of anilines is 1. The smallest absolute Gasteiger partial charge is 0.255 e. The van der Waals surface area contributed by atoms with Crippen molar-refractivity contribution < 1.29 is 4.79 Å². The van der Waals surface area contributed by atoms with E-state index in [9.17, 15) is 4.79 Å². The Hall–Kier alpha value is -1.23. The minimum absolute atomic E-state index is 0.0326. The Kier molecular flexibility index (Phi) is 5.51. The summed E-state index contributed by atoms with van der Waals surface area (Å²) in [5, 5.41) is 6.39. The van der Waals surface area contributed by atoms with E-state index in [1.807, 2.05) is 24.8 Å². The van der Waals surface area contributed by atoms with E-state index < -0.39 is 0 Å². The second kappa shape index (κ2) is 7.16. The van der Waals surface area contributed by atoms with Gasteiger partial charge in [0.2, 0.25) is 0 Å². The number of aryl methyl sites for hydroxylation is 1. The number of nitrogens with zero attached hydrogens (tertiary/aromatic N) is 1. The van der Waals surface area contributed by atoms with Crippen molar-refractivity contribution in [2.75, 3.05) is 24.2 Å². The third-order valence-electron chi connectivity index (χ3n) is 3.77. The van der Waals surface area contributed by atoms with E-state index in [0.29, 0.717) is 5.56 Å². The van der Waals surface area contributed by atoms with Crippen molar-refractivity contribution in [1.82, 2.24) is 10.3 Å². The molecule has 0 bridgehead atoms.